The lowest BCUT2D eigenvalue weighted by Crippen LogP contribution is -2.46. The minimum absolute atomic E-state index is 0.198. The van der Waals surface area contributed by atoms with Gasteiger partial charge in [0, 0.05) is 37.9 Å². The van der Waals surface area contributed by atoms with Crippen molar-refractivity contribution in [2.45, 2.75) is 0 Å². The Morgan fingerprint density at radius 1 is 0.840 bits per heavy atom. The van der Waals surface area contributed by atoms with Crippen LogP contribution in [0, 0.1) is 20.2 Å². The Hall–Kier alpha value is -3.36. The zero-order valence-electron chi connectivity index (χ0n) is 13.2. The Labute approximate surface area is 143 Å². The number of non-ortho nitro benzene ring substituents is 1. The molecule has 0 bridgehead atoms. The third-order valence-electron chi connectivity index (χ3n) is 4.20. The van der Waals surface area contributed by atoms with Gasteiger partial charge in [-0.3, -0.25) is 20.2 Å². The van der Waals surface area contributed by atoms with E-state index in [4.69, 9.17) is 0 Å². The fourth-order valence-corrected chi connectivity index (χ4v) is 2.91. The summed E-state index contributed by atoms with van der Waals surface area (Å²) in [4.78, 5) is 24.9. The summed E-state index contributed by atoms with van der Waals surface area (Å²) in [6, 6.07) is 10.6. The predicted octanol–water partition coefficient (Wildman–Crippen LogP) is 2.54. The van der Waals surface area contributed by atoms with Crippen LogP contribution in [0.1, 0.15) is 0 Å². The molecule has 1 heterocycles. The van der Waals surface area contributed by atoms with Gasteiger partial charge >= 0.3 is 0 Å². The fraction of sp³-hybridized carbons (Fsp3) is 0.250. The van der Waals surface area contributed by atoms with Crippen molar-refractivity contribution < 1.29 is 15.0 Å². The number of nitrogens with zero attached hydrogens (tertiary/aromatic N) is 4. The molecule has 9 heteroatoms. The summed E-state index contributed by atoms with van der Waals surface area (Å²) in [7, 11) is 0. The van der Waals surface area contributed by atoms with Gasteiger partial charge < -0.3 is 14.9 Å². The zero-order chi connectivity index (χ0) is 18.0. The van der Waals surface area contributed by atoms with E-state index in [1.807, 2.05) is 17.0 Å². The minimum Gasteiger partial charge on any atom is -0.508 e. The van der Waals surface area contributed by atoms with Gasteiger partial charge in [-0.05, 0) is 30.3 Å². The highest BCUT2D eigenvalue weighted by molar-refractivity contribution is 5.67. The molecule has 1 saturated heterocycles. The van der Waals surface area contributed by atoms with Gasteiger partial charge in [0.1, 0.15) is 11.4 Å². The van der Waals surface area contributed by atoms with Crippen LogP contribution in [0.15, 0.2) is 42.5 Å². The first kappa shape index (κ1) is 16.5. The van der Waals surface area contributed by atoms with Crippen LogP contribution in [0.2, 0.25) is 0 Å². The van der Waals surface area contributed by atoms with Crippen molar-refractivity contribution in [2.75, 3.05) is 36.0 Å². The molecule has 0 aromatic heterocycles. The summed E-state index contributed by atoms with van der Waals surface area (Å²) in [5.74, 6) is 0.198. The van der Waals surface area contributed by atoms with Crippen LogP contribution in [-0.4, -0.2) is 41.1 Å². The van der Waals surface area contributed by atoms with E-state index < -0.39 is 9.85 Å². The van der Waals surface area contributed by atoms with Gasteiger partial charge in [0.2, 0.25) is 0 Å². The highest BCUT2D eigenvalue weighted by Gasteiger charge is 2.26. The highest BCUT2D eigenvalue weighted by Crippen LogP contribution is 2.33. The quantitative estimate of drug-likeness (QED) is 0.669. The molecule has 0 radical (unpaired) electrons. The van der Waals surface area contributed by atoms with E-state index in [-0.39, 0.29) is 17.1 Å². The first-order valence-corrected chi connectivity index (χ1v) is 7.67. The van der Waals surface area contributed by atoms with E-state index in [0.29, 0.717) is 31.9 Å². The maximum Gasteiger partial charge on any atom is 0.299 e. The first-order valence-electron chi connectivity index (χ1n) is 7.67. The maximum absolute atomic E-state index is 11.3. The molecule has 3 rings (SSSR count). The number of rotatable bonds is 4. The number of anilines is 2. The molecule has 1 fully saturated rings. The molecule has 0 amide bonds. The summed E-state index contributed by atoms with van der Waals surface area (Å²) < 4.78 is 0. The number of phenolic OH excluding ortho intramolecular Hbond substituents is 1. The first-order chi connectivity index (χ1) is 12.0. The third-order valence-corrected chi connectivity index (χ3v) is 4.20. The molecule has 0 spiro atoms. The number of hydrogen-bond acceptors (Lipinski definition) is 7. The normalized spacial score (nSPS) is 14.4. The van der Waals surface area contributed by atoms with Crippen molar-refractivity contribution in [3.63, 3.8) is 0 Å². The van der Waals surface area contributed by atoms with E-state index >= 15 is 0 Å². The lowest BCUT2D eigenvalue weighted by Gasteiger charge is -2.37. The van der Waals surface area contributed by atoms with Gasteiger partial charge in [0.05, 0.1) is 15.9 Å². The Bertz CT molecular complexity index is 801. The van der Waals surface area contributed by atoms with Crippen molar-refractivity contribution in [2.24, 2.45) is 0 Å². The highest BCUT2D eigenvalue weighted by atomic mass is 16.6. The number of benzene rings is 2. The van der Waals surface area contributed by atoms with Crippen molar-refractivity contribution in [1.82, 2.24) is 0 Å². The number of piperazine rings is 1. The van der Waals surface area contributed by atoms with Crippen LogP contribution in [0.5, 0.6) is 5.75 Å². The molecule has 0 atom stereocenters. The van der Waals surface area contributed by atoms with E-state index in [0.717, 1.165) is 11.8 Å². The maximum atomic E-state index is 11.3. The van der Waals surface area contributed by atoms with Crippen molar-refractivity contribution >= 4 is 22.7 Å². The molecule has 25 heavy (non-hydrogen) atoms. The SMILES string of the molecule is O=[N+]([O-])c1ccc(N2CCN(c3ccc(O)cc3)CC2)c([N+](=O)[O-])c1. The Morgan fingerprint density at radius 3 is 2.00 bits per heavy atom. The third kappa shape index (κ3) is 3.44. The number of phenols is 1. The van der Waals surface area contributed by atoms with E-state index in [1.54, 1.807) is 12.1 Å². The average molecular weight is 344 g/mol. The molecule has 130 valence electrons. The van der Waals surface area contributed by atoms with Crippen LogP contribution < -0.4 is 9.80 Å². The number of hydrogen-bond donors (Lipinski definition) is 1. The standard InChI is InChI=1S/C16H16N4O5/c21-14-4-1-12(2-5-14)17-7-9-18(10-8-17)15-6-3-13(19(22)23)11-16(15)20(24)25/h1-6,11,21H,7-10H2. The van der Waals surface area contributed by atoms with Gasteiger partial charge in [-0.1, -0.05) is 0 Å². The molecule has 2 aromatic rings. The van der Waals surface area contributed by atoms with Crippen LogP contribution in [0.3, 0.4) is 0 Å². The Balaban J connectivity index is 1.77. The van der Waals surface area contributed by atoms with Crippen molar-refractivity contribution in [3.05, 3.63) is 62.7 Å². The second-order valence-electron chi connectivity index (χ2n) is 5.68. The molecular weight excluding hydrogens is 328 g/mol. The van der Waals surface area contributed by atoms with Crippen molar-refractivity contribution in [3.8, 4) is 5.75 Å². The molecule has 9 nitrogen and oxygen atoms in total. The van der Waals surface area contributed by atoms with Crippen LogP contribution >= 0.6 is 0 Å². The Kier molecular flexibility index (Phi) is 4.38. The van der Waals surface area contributed by atoms with Crippen LogP contribution in [-0.2, 0) is 0 Å². The largest absolute Gasteiger partial charge is 0.508 e. The lowest BCUT2D eigenvalue weighted by atomic mass is 10.2. The topological polar surface area (TPSA) is 113 Å². The number of aromatic hydroxyl groups is 1. The summed E-state index contributed by atoms with van der Waals surface area (Å²) in [6.45, 7) is 2.41. The van der Waals surface area contributed by atoms with Gasteiger partial charge in [0.15, 0.2) is 0 Å². The minimum atomic E-state index is -0.639. The molecular formula is C16H16N4O5. The van der Waals surface area contributed by atoms with Gasteiger partial charge in [-0.15, -0.1) is 0 Å². The smallest absolute Gasteiger partial charge is 0.299 e. The number of nitro groups is 2. The van der Waals surface area contributed by atoms with Crippen LogP contribution in [0.25, 0.3) is 0 Å². The monoisotopic (exact) mass is 344 g/mol. The molecule has 0 unspecified atom stereocenters. The fourth-order valence-electron chi connectivity index (χ4n) is 2.91. The van der Waals surface area contributed by atoms with E-state index in [2.05, 4.69) is 4.90 Å². The molecule has 2 aromatic carbocycles. The molecule has 0 saturated carbocycles. The second kappa shape index (κ2) is 6.63. The lowest BCUT2D eigenvalue weighted by molar-refractivity contribution is -0.393. The average Bonchev–Trinajstić information content (AvgIpc) is 2.62. The molecule has 1 aliphatic rings. The molecule has 1 aliphatic heterocycles. The summed E-state index contributed by atoms with van der Waals surface area (Å²) in [5.41, 5.74) is 0.807. The zero-order valence-corrected chi connectivity index (χ0v) is 13.2. The molecule has 1 N–H and O–H groups in total. The number of nitro benzene ring substituents is 2. The predicted molar refractivity (Wildman–Crippen MR) is 92.3 cm³/mol. The molecule has 0 aliphatic carbocycles. The summed E-state index contributed by atoms with van der Waals surface area (Å²) >= 11 is 0. The Morgan fingerprint density at radius 2 is 1.44 bits per heavy atom. The summed E-state index contributed by atoms with van der Waals surface area (Å²) in [5, 5.41) is 31.5. The van der Waals surface area contributed by atoms with E-state index in [9.17, 15) is 25.3 Å². The van der Waals surface area contributed by atoms with Crippen LogP contribution in [0.4, 0.5) is 22.7 Å². The van der Waals surface area contributed by atoms with E-state index in [1.165, 1.54) is 12.1 Å². The summed E-state index contributed by atoms with van der Waals surface area (Å²) in [6.07, 6.45) is 0. The van der Waals surface area contributed by atoms with Crippen molar-refractivity contribution in [1.29, 1.82) is 0 Å². The van der Waals surface area contributed by atoms with Gasteiger partial charge in [-0.25, -0.2) is 0 Å². The van der Waals surface area contributed by atoms with Gasteiger partial charge in [0.25, 0.3) is 11.4 Å². The second-order valence-corrected chi connectivity index (χ2v) is 5.68. The van der Waals surface area contributed by atoms with Gasteiger partial charge in [-0.2, -0.15) is 0 Å².